The first-order valence-corrected chi connectivity index (χ1v) is 8.72. The van der Waals surface area contributed by atoms with Gasteiger partial charge in [-0.05, 0) is 24.6 Å². The quantitative estimate of drug-likeness (QED) is 0.446. The van der Waals surface area contributed by atoms with Crippen molar-refractivity contribution in [3.8, 4) is 0 Å². The standard InChI is InChI=1S/C17H14N2O5S/c1-8-7-25-16-12(15(22)19(16)11(8)17(23)24-2)18-13(20)9-5-3-4-6-10(9)14(18)21/h3-6,12,16H,7H2,1-2H3/t12-,16-/m0/s1. The van der Waals surface area contributed by atoms with Gasteiger partial charge in [-0.1, -0.05) is 12.1 Å². The van der Waals surface area contributed by atoms with Crippen molar-refractivity contribution in [2.75, 3.05) is 12.9 Å². The first-order valence-electron chi connectivity index (χ1n) is 7.67. The number of methoxy groups -OCH3 is 1. The molecule has 0 aromatic heterocycles. The summed E-state index contributed by atoms with van der Waals surface area (Å²) in [5, 5.41) is -0.465. The van der Waals surface area contributed by atoms with Crippen molar-refractivity contribution < 1.29 is 23.9 Å². The van der Waals surface area contributed by atoms with Crippen LogP contribution in [0.25, 0.3) is 0 Å². The minimum Gasteiger partial charge on any atom is -0.464 e. The Kier molecular flexibility index (Phi) is 3.47. The zero-order valence-electron chi connectivity index (χ0n) is 13.5. The Bertz CT molecular complexity index is 843. The van der Waals surface area contributed by atoms with E-state index in [-0.39, 0.29) is 5.70 Å². The molecule has 1 fully saturated rings. The summed E-state index contributed by atoms with van der Waals surface area (Å²) in [7, 11) is 1.26. The molecule has 3 aliphatic rings. The van der Waals surface area contributed by atoms with Gasteiger partial charge in [-0.15, -0.1) is 11.8 Å². The van der Waals surface area contributed by atoms with E-state index in [0.29, 0.717) is 16.9 Å². The van der Waals surface area contributed by atoms with E-state index in [4.69, 9.17) is 4.74 Å². The number of amides is 3. The lowest BCUT2D eigenvalue weighted by Crippen LogP contribution is -2.71. The molecule has 7 nitrogen and oxygen atoms in total. The summed E-state index contributed by atoms with van der Waals surface area (Å²) in [5.41, 5.74) is 1.56. The molecule has 25 heavy (non-hydrogen) atoms. The smallest absolute Gasteiger partial charge is 0.354 e. The molecule has 0 saturated carbocycles. The Morgan fingerprint density at radius 1 is 1.12 bits per heavy atom. The number of carbonyl (C=O) groups is 4. The molecular weight excluding hydrogens is 344 g/mol. The molecule has 8 heteroatoms. The van der Waals surface area contributed by atoms with Crippen LogP contribution in [0.15, 0.2) is 35.5 Å². The average molecular weight is 358 g/mol. The van der Waals surface area contributed by atoms with Crippen molar-refractivity contribution in [1.29, 1.82) is 0 Å². The third kappa shape index (κ3) is 2.00. The van der Waals surface area contributed by atoms with E-state index in [9.17, 15) is 19.2 Å². The summed E-state index contributed by atoms with van der Waals surface area (Å²) in [5.74, 6) is -1.43. The van der Waals surface area contributed by atoms with Crippen LogP contribution in [-0.2, 0) is 14.3 Å². The first-order chi connectivity index (χ1) is 12.0. The number of esters is 1. The highest BCUT2D eigenvalue weighted by Gasteiger charge is 2.59. The Hall–Kier alpha value is -2.61. The second-order valence-corrected chi connectivity index (χ2v) is 7.11. The SMILES string of the molecule is COC(=O)C1=C(C)CS[C@H]2[C@@H](N3C(=O)c4ccccc4C3=O)C(=O)N12. The van der Waals surface area contributed by atoms with Gasteiger partial charge in [0.2, 0.25) is 0 Å². The van der Waals surface area contributed by atoms with Crippen LogP contribution in [0.1, 0.15) is 27.6 Å². The summed E-state index contributed by atoms with van der Waals surface area (Å²) < 4.78 is 4.77. The number of ether oxygens (including phenoxy) is 1. The average Bonchev–Trinajstić information content (AvgIpc) is 2.87. The maximum Gasteiger partial charge on any atom is 0.354 e. The Labute approximate surface area is 147 Å². The lowest BCUT2D eigenvalue weighted by atomic mass is 10.0. The zero-order chi connectivity index (χ0) is 17.9. The molecule has 0 spiro atoms. The Morgan fingerprint density at radius 3 is 2.28 bits per heavy atom. The predicted octanol–water partition coefficient (Wildman–Crippen LogP) is 1.01. The highest BCUT2D eigenvalue weighted by Crippen LogP contribution is 2.44. The van der Waals surface area contributed by atoms with Gasteiger partial charge in [0.1, 0.15) is 17.1 Å². The first kappa shape index (κ1) is 15.9. The van der Waals surface area contributed by atoms with Crippen molar-refractivity contribution in [3.05, 3.63) is 46.7 Å². The number of thioether (sulfide) groups is 1. The molecule has 128 valence electrons. The van der Waals surface area contributed by atoms with Crippen LogP contribution in [0.3, 0.4) is 0 Å². The van der Waals surface area contributed by atoms with Crippen LogP contribution in [0.5, 0.6) is 0 Å². The summed E-state index contributed by atoms with van der Waals surface area (Å²) in [6.45, 7) is 1.76. The molecule has 1 saturated heterocycles. The minimum atomic E-state index is -0.898. The molecule has 0 radical (unpaired) electrons. The second kappa shape index (κ2) is 5.45. The van der Waals surface area contributed by atoms with Crippen LogP contribution in [-0.4, -0.2) is 57.8 Å². The predicted molar refractivity (Wildman–Crippen MR) is 88.5 cm³/mol. The molecule has 0 bridgehead atoms. The van der Waals surface area contributed by atoms with Crippen LogP contribution < -0.4 is 0 Å². The van der Waals surface area contributed by atoms with Gasteiger partial charge in [-0.25, -0.2) is 4.79 Å². The molecule has 1 aromatic carbocycles. The van der Waals surface area contributed by atoms with Crippen molar-refractivity contribution in [3.63, 3.8) is 0 Å². The lowest BCUT2D eigenvalue weighted by molar-refractivity contribution is -0.152. The van der Waals surface area contributed by atoms with Gasteiger partial charge in [-0.2, -0.15) is 0 Å². The molecule has 0 N–H and O–H groups in total. The van der Waals surface area contributed by atoms with Crippen LogP contribution >= 0.6 is 11.8 Å². The maximum absolute atomic E-state index is 12.7. The topological polar surface area (TPSA) is 84.0 Å². The maximum atomic E-state index is 12.7. The van der Waals surface area contributed by atoms with E-state index < -0.39 is 35.1 Å². The van der Waals surface area contributed by atoms with Gasteiger partial charge in [-0.3, -0.25) is 24.2 Å². The monoisotopic (exact) mass is 358 g/mol. The number of β-lactam (4-membered cyclic amide) rings is 1. The largest absolute Gasteiger partial charge is 0.464 e. The van der Waals surface area contributed by atoms with E-state index >= 15 is 0 Å². The van der Waals surface area contributed by atoms with Crippen LogP contribution in [0.2, 0.25) is 0 Å². The molecular formula is C17H14N2O5S. The van der Waals surface area contributed by atoms with E-state index in [1.165, 1.54) is 23.8 Å². The van der Waals surface area contributed by atoms with E-state index in [2.05, 4.69) is 0 Å². The van der Waals surface area contributed by atoms with E-state index in [0.717, 1.165) is 10.5 Å². The molecule has 1 aromatic rings. The molecule has 4 rings (SSSR count). The van der Waals surface area contributed by atoms with E-state index in [1.807, 2.05) is 0 Å². The highest BCUT2D eigenvalue weighted by atomic mass is 32.2. The Balaban J connectivity index is 1.68. The van der Waals surface area contributed by atoms with Crippen LogP contribution in [0, 0.1) is 0 Å². The molecule has 3 aliphatic heterocycles. The van der Waals surface area contributed by atoms with Crippen molar-refractivity contribution in [1.82, 2.24) is 9.80 Å². The number of rotatable bonds is 2. The van der Waals surface area contributed by atoms with Gasteiger partial charge >= 0.3 is 5.97 Å². The van der Waals surface area contributed by atoms with Gasteiger partial charge < -0.3 is 4.74 Å². The molecule has 2 atom stereocenters. The van der Waals surface area contributed by atoms with Crippen molar-refractivity contribution >= 4 is 35.5 Å². The third-order valence-electron chi connectivity index (χ3n) is 4.61. The highest BCUT2D eigenvalue weighted by molar-refractivity contribution is 8.00. The summed E-state index contributed by atoms with van der Waals surface area (Å²) in [6, 6.07) is 5.62. The van der Waals surface area contributed by atoms with Crippen molar-refractivity contribution in [2.45, 2.75) is 18.3 Å². The minimum absolute atomic E-state index is 0.212. The van der Waals surface area contributed by atoms with E-state index in [1.54, 1.807) is 31.2 Å². The fourth-order valence-electron chi connectivity index (χ4n) is 3.40. The number of nitrogens with zero attached hydrogens (tertiary/aromatic N) is 2. The molecule has 3 amide bonds. The summed E-state index contributed by atoms with van der Waals surface area (Å²) >= 11 is 1.43. The number of imide groups is 1. The van der Waals surface area contributed by atoms with Crippen molar-refractivity contribution in [2.24, 2.45) is 0 Å². The van der Waals surface area contributed by atoms with Gasteiger partial charge in [0.05, 0.1) is 18.2 Å². The van der Waals surface area contributed by atoms with Gasteiger partial charge in [0.15, 0.2) is 0 Å². The number of hydrogen-bond donors (Lipinski definition) is 0. The summed E-state index contributed by atoms with van der Waals surface area (Å²) in [4.78, 5) is 52.3. The fraction of sp³-hybridized carbons (Fsp3) is 0.294. The third-order valence-corrected chi connectivity index (χ3v) is 6.02. The molecule has 0 unspecified atom stereocenters. The number of carbonyl (C=O) groups excluding carboxylic acids is 4. The fourth-order valence-corrected chi connectivity index (χ4v) is 4.74. The normalized spacial score (nSPS) is 25.0. The van der Waals surface area contributed by atoms with Gasteiger partial charge in [0, 0.05) is 5.75 Å². The number of fused-ring (bicyclic) bond motifs is 2. The number of hydrogen-bond acceptors (Lipinski definition) is 6. The summed E-state index contributed by atoms with van der Waals surface area (Å²) in [6.07, 6.45) is 0. The lowest BCUT2D eigenvalue weighted by Gasteiger charge is -2.51. The Morgan fingerprint density at radius 2 is 1.72 bits per heavy atom. The second-order valence-electron chi connectivity index (χ2n) is 6.00. The molecule has 3 heterocycles. The van der Waals surface area contributed by atoms with Gasteiger partial charge in [0.25, 0.3) is 17.7 Å². The number of benzene rings is 1. The zero-order valence-corrected chi connectivity index (χ0v) is 14.3. The molecule has 0 aliphatic carbocycles. The van der Waals surface area contributed by atoms with Crippen LogP contribution in [0.4, 0.5) is 0 Å².